The molecule has 3 heterocycles. The molecule has 3 aromatic rings. The molecule has 218 valence electrons. The largest absolute Gasteiger partial charge is 0.370 e. The predicted octanol–water partition coefficient (Wildman–Crippen LogP) is 4.84. The van der Waals surface area contributed by atoms with Gasteiger partial charge in [-0.2, -0.15) is 4.31 Å². The monoisotopic (exact) mass is 594 g/mol. The second-order valence-corrected chi connectivity index (χ2v) is 15.7. The van der Waals surface area contributed by atoms with Gasteiger partial charge in [-0.15, -0.1) is 0 Å². The van der Waals surface area contributed by atoms with E-state index in [1.807, 2.05) is 17.0 Å². The Morgan fingerprint density at radius 1 is 1.00 bits per heavy atom. The van der Waals surface area contributed by atoms with Crippen LogP contribution in [0.5, 0.6) is 0 Å². The van der Waals surface area contributed by atoms with E-state index in [-0.39, 0.29) is 21.2 Å². The third-order valence-corrected chi connectivity index (χ3v) is 12.1. The van der Waals surface area contributed by atoms with E-state index in [9.17, 15) is 16.8 Å². The Hall–Kier alpha value is -2.79. The molecule has 2 atom stereocenters. The first-order chi connectivity index (χ1) is 19.5. The number of hydrogen-bond donors (Lipinski definition) is 1. The quantitative estimate of drug-likeness (QED) is 0.399. The summed E-state index contributed by atoms with van der Waals surface area (Å²) in [4.78, 5) is 5.94. The van der Waals surface area contributed by atoms with E-state index in [4.69, 9.17) is 5.14 Å². The summed E-state index contributed by atoms with van der Waals surface area (Å²) in [6, 6.07) is 16.6. The molecule has 6 rings (SSSR count). The van der Waals surface area contributed by atoms with Gasteiger partial charge in [0.1, 0.15) is 4.90 Å². The molecule has 2 unspecified atom stereocenters. The standard InChI is InChI=1S/C31H38N4O4S2/c1-22(2)25-6-4-23(5-7-25)18-24-12-17-34(20-24)28-9-8-27(19-29(28)40(32,36)37)41(38,39)35-21-31(13-3-14-31)30(35)26-10-15-33-16-11-26/h4-11,15-16,19,22,24,30H,3,12-14,17-18,20-21H2,1-2H3,(H2,32,36,37). The van der Waals surface area contributed by atoms with Crippen molar-refractivity contribution in [2.45, 2.75) is 67.7 Å². The van der Waals surface area contributed by atoms with E-state index in [0.29, 0.717) is 37.2 Å². The van der Waals surface area contributed by atoms with Crippen LogP contribution in [0.1, 0.15) is 68.2 Å². The second kappa shape index (κ2) is 10.5. The first-order valence-corrected chi connectivity index (χ1v) is 17.4. The lowest BCUT2D eigenvalue weighted by Crippen LogP contribution is -2.63. The van der Waals surface area contributed by atoms with Crippen LogP contribution in [0.4, 0.5) is 5.69 Å². The molecule has 1 aromatic heterocycles. The Balaban J connectivity index is 1.25. The van der Waals surface area contributed by atoms with E-state index in [2.05, 4.69) is 43.1 Å². The van der Waals surface area contributed by atoms with Crippen molar-refractivity contribution in [3.8, 4) is 0 Å². The maximum Gasteiger partial charge on any atom is 0.243 e. The lowest BCUT2D eigenvalue weighted by Gasteiger charge is -2.61. The topological polar surface area (TPSA) is 114 Å². The Morgan fingerprint density at radius 2 is 1.71 bits per heavy atom. The number of nitrogens with two attached hydrogens (primary N) is 1. The summed E-state index contributed by atoms with van der Waals surface area (Å²) < 4.78 is 54.9. The Bertz CT molecular complexity index is 1640. The molecular weight excluding hydrogens is 556 g/mol. The fourth-order valence-corrected chi connectivity index (χ4v) is 9.58. The average Bonchev–Trinajstić information content (AvgIpc) is 3.35. The van der Waals surface area contributed by atoms with Gasteiger partial charge in [-0.3, -0.25) is 4.98 Å². The molecule has 0 bridgehead atoms. The molecule has 1 aliphatic carbocycles. The van der Waals surface area contributed by atoms with Gasteiger partial charge in [0.25, 0.3) is 0 Å². The predicted molar refractivity (Wildman–Crippen MR) is 160 cm³/mol. The molecule has 3 aliphatic rings. The van der Waals surface area contributed by atoms with Crippen molar-refractivity contribution < 1.29 is 16.8 Å². The maximum absolute atomic E-state index is 13.9. The summed E-state index contributed by atoms with van der Waals surface area (Å²) in [7, 11) is -8.13. The molecule has 1 spiro atoms. The lowest BCUT2D eigenvalue weighted by atomic mass is 9.58. The van der Waals surface area contributed by atoms with Gasteiger partial charge >= 0.3 is 0 Å². The minimum absolute atomic E-state index is 0.0421. The number of aromatic nitrogens is 1. The van der Waals surface area contributed by atoms with Crippen molar-refractivity contribution in [2.24, 2.45) is 16.5 Å². The molecule has 2 aliphatic heterocycles. The van der Waals surface area contributed by atoms with E-state index < -0.39 is 20.0 Å². The van der Waals surface area contributed by atoms with Crippen LogP contribution in [0.2, 0.25) is 0 Å². The van der Waals surface area contributed by atoms with Gasteiger partial charge in [0.15, 0.2) is 0 Å². The van der Waals surface area contributed by atoms with E-state index >= 15 is 0 Å². The minimum Gasteiger partial charge on any atom is -0.370 e. The highest BCUT2D eigenvalue weighted by Gasteiger charge is 2.60. The summed E-state index contributed by atoms with van der Waals surface area (Å²) in [5.41, 5.74) is 3.89. The highest BCUT2D eigenvalue weighted by molar-refractivity contribution is 7.90. The van der Waals surface area contributed by atoms with Gasteiger partial charge in [0.2, 0.25) is 20.0 Å². The summed E-state index contributed by atoms with van der Waals surface area (Å²) in [5.74, 6) is 0.842. The first kappa shape index (κ1) is 28.3. The van der Waals surface area contributed by atoms with Crippen molar-refractivity contribution in [1.82, 2.24) is 9.29 Å². The molecule has 1 saturated carbocycles. The molecule has 0 amide bonds. The smallest absolute Gasteiger partial charge is 0.243 e. The third-order valence-electron chi connectivity index (χ3n) is 9.35. The van der Waals surface area contributed by atoms with Crippen LogP contribution in [0.3, 0.4) is 0 Å². The highest BCUT2D eigenvalue weighted by Crippen LogP contribution is 2.61. The number of primary sulfonamides is 1. The number of hydrogen-bond acceptors (Lipinski definition) is 6. The Morgan fingerprint density at radius 3 is 2.32 bits per heavy atom. The zero-order chi connectivity index (χ0) is 29.0. The minimum atomic E-state index is -4.17. The fraction of sp³-hybridized carbons (Fsp3) is 0.452. The SMILES string of the molecule is CC(C)c1ccc(CC2CCN(c3ccc(S(=O)(=O)N4CC5(CCC5)C4c4ccncc4)cc3S(N)(=O)=O)C2)cc1. The van der Waals surface area contributed by atoms with Crippen LogP contribution < -0.4 is 10.0 Å². The second-order valence-electron chi connectivity index (χ2n) is 12.3. The van der Waals surface area contributed by atoms with Gasteiger partial charge in [-0.05, 0) is 84.5 Å². The molecule has 2 saturated heterocycles. The molecule has 8 nitrogen and oxygen atoms in total. The van der Waals surface area contributed by atoms with Gasteiger partial charge in [0, 0.05) is 37.4 Å². The summed E-state index contributed by atoms with van der Waals surface area (Å²) in [5, 5.41) is 5.68. The Labute approximate surface area is 243 Å². The van der Waals surface area contributed by atoms with Gasteiger partial charge in [0.05, 0.1) is 16.6 Å². The Kier molecular flexibility index (Phi) is 7.25. The van der Waals surface area contributed by atoms with E-state index in [1.54, 1.807) is 18.5 Å². The average molecular weight is 595 g/mol. The molecule has 0 radical (unpaired) electrons. The number of anilines is 1. The van der Waals surface area contributed by atoms with Crippen molar-refractivity contribution >= 4 is 25.7 Å². The lowest BCUT2D eigenvalue weighted by molar-refractivity contribution is -0.0780. The van der Waals surface area contributed by atoms with Crippen LogP contribution >= 0.6 is 0 Å². The zero-order valence-electron chi connectivity index (χ0n) is 23.6. The normalized spacial score (nSPS) is 22.6. The van der Waals surface area contributed by atoms with Crippen LogP contribution in [-0.4, -0.2) is 45.8 Å². The van der Waals surface area contributed by atoms with Crippen molar-refractivity contribution in [3.63, 3.8) is 0 Å². The van der Waals surface area contributed by atoms with Crippen molar-refractivity contribution in [3.05, 3.63) is 83.7 Å². The van der Waals surface area contributed by atoms with Crippen LogP contribution in [0.15, 0.2) is 76.8 Å². The first-order valence-electron chi connectivity index (χ1n) is 14.4. The summed E-state index contributed by atoms with van der Waals surface area (Å²) >= 11 is 0. The molecule has 2 N–H and O–H groups in total. The number of pyridine rings is 1. The van der Waals surface area contributed by atoms with Gasteiger partial charge < -0.3 is 4.90 Å². The molecule has 41 heavy (non-hydrogen) atoms. The van der Waals surface area contributed by atoms with E-state index in [0.717, 1.165) is 37.7 Å². The third kappa shape index (κ3) is 5.20. The fourth-order valence-electron chi connectivity index (χ4n) is 6.90. The maximum atomic E-state index is 13.9. The van der Waals surface area contributed by atoms with Crippen LogP contribution in [-0.2, 0) is 26.5 Å². The molecule has 10 heteroatoms. The molecule has 2 aromatic carbocycles. The molecule has 3 fully saturated rings. The van der Waals surface area contributed by atoms with Crippen molar-refractivity contribution in [1.29, 1.82) is 0 Å². The van der Waals surface area contributed by atoms with Gasteiger partial charge in [-0.1, -0.05) is 44.5 Å². The number of nitrogens with zero attached hydrogens (tertiary/aromatic N) is 3. The molecular formula is C31H38N4O4S2. The summed E-state index contributed by atoms with van der Waals surface area (Å²) in [6.07, 6.45) is 8.22. The van der Waals surface area contributed by atoms with Gasteiger partial charge in [-0.25, -0.2) is 22.0 Å². The number of sulfonamides is 2. The summed E-state index contributed by atoms with van der Waals surface area (Å²) in [6.45, 7) is 6.15. The van der Waals surface area contributed by atoms with Crippen LogP contribution in [0, 0.1) is 11.3 Å². The van der Waals surface area contributed by atoms with E-state index in [1.165, 1.54) is 27.6 Å². The zero-order valence-corrected chi connectivity index (χ0v) is 25.2. The van der Waals surface area contributed by atoms with Crippen LogP contribution in [0.25, 0.3) is 0 Å². The van der Waals surface area contributed by atoms with Crippen molar-refractivity contribution in [2.75, 3.05) is 24.5 Å². The highest BCUT2D eigenvalue weighted by atomic mass is 32.2. The number of benzene rings is 2. The number of rotatable bonds is 8.